The quantitative estimate of drug-likeness (QED) is 0.591. The standard InChI is InChI=1S/C19H12BrNO3S/c20-16-10-4-1-9-15(16)19(22)21-17-11-5-2-7-13(17)14-8-3-6-12-18(14)25(21,23)24/h1-12H. The SMILES string of the molecule is O=C(c1ccccc1Br)N1c2ccccc2-c2ccccc2S1(=O)=O. The minimum absolute atomic E-state index is 0.133. The highest BCUT2D eigenvalue weighted by Gasteiger charge is 2.39. The van der Waals surface area contributed by atoms with E-state index < -0.39 is 15.9 Å². The van der Waals surface area contributed by atoms with Gasteiger partial charge in [-0.25, -0.2) is 8.42 Å². The number of hydrogen-bond acceptors (Lipinski definition) is 3. The van der Waals surface area contributed by atoms with Gasteiger partial charge < -0.3 is 0 Å². The summed E-state index contributed by atoms with van der Waals surface area (Å²) in [6.45, 7) is 0. The van der Waals surface area contributed by atoms with E-state index in [0.29, 0.717) is 26.9 Å². The van der Waals surface area contributed by atoms with Gasteiger partial charge in [0.1, 0.15) is 0 Å². The normalized spacial score (nSPS) is 14.5. The largest absolute Gasteiger partial charge is 0.273 e. The number of sulfonamides is 1. The molecule has 0 radical (unpaired) electrons. The molecule has 0 spiro atoms. The molecule has 3 aromatic rings. The highest BCUT2D eigenvalue weighted by atomic mass is 79.9. The number of halogens is 1. The summed E-state index contributed by atoms with van der Waals surface area (Å²) in [5.74, 6) is -0.588. The first-order valence-corrected chi connectivity index (χ1v) is 9.78. The monoisotopic (exact) mass is 413 g/mol. The van der Waals surface area contributed by atoms with Crippen molar-refractivity contribution in [3.63, 3.8) is 0 Å². The van der Waals surface area contributed by atoms with Crippen LogP contribution in [0, 0.1) is 0 Å². The van der Waals surface area contributed by atoms with E-state index in [1.165, 1.54) is 6.07 Å². The second kappa shape index (κ2) is 5.82. The predicted molar refractivity (Wildman–Crippen MR) is 100 cm³/mol. The van der Waals surface area contributed by atoms with E-state index in [1.54, 1.807) is 54.6 Å². The number of carbonyl (C=O) groups excluding carboxylic acids is 1. The fraction of sp³-hybridized carbons (Fsp3) is 0. The smallest absolute Gasteiger partial charge is 0.268 e. The lowest BCUT2D eigenvalue weighted by Gasteiger charge is -2.30. The summed E-state index contributed by atoms with van der Waals surface area (Å²) >= 11 is 3.33. The van der Waals surface area contributed by atoms with Crippen LogP contribution in [0.5, 0.6) is 0 Å². The van der Waals surface area contributed by atoms with Crippen molar-refractivity contribution in [2.45, 2.75) is 4.90 Å². The summed E-state index contributed by atoms with van der Waals surface area (Å²) in [4.78, 5) is 13.3. The molecular weight excluding hydrogens is 402 g/mol. The summed E-state index contributed by atoms with van der Waals surface area (Å²) in [5, 5.41) is 0. The van der Waals surface area contributed by atoms with E-state index >= 15 is 0 Å². The predicted octanol–water partition coefficient (Wildman–Crippen LogP) is 4.47. The van der Waals surface area contributed by atoms with Crippen LogP contribution < -0.4 is 4.31 Å². The molecular formula is C19H12BrNO3S. The van der Waals surface area contributed by atoms with Crippen molar-refractivity contribution in [1.29, 1.82) is 0 Å². The van der Waals surface area contributed by atoms with Crippen LogP contribution in [-0.4, -0.2) is 14.3 Å². The molecule has 0 aromatic heterocycles. The molecule has 25 heavy (non-hydrogen) atoms. The van der Waals surface area contributed by atoms with Gasteiger partial charge in [-0.1, -0.05) is 48.5 Å². The Morgan fingerprint density at radius 3 is 2.16 bits per heavy atom. The number of para-hydroxylation sites is 1. The molecule has 0 unspecified atom stereocenters. The average molecular weight is 414 g/mol. The number of rotatable bonds is 1. The molecule has 4 rings (SSSR count). The first-order chi connectivity index (χ1) is 12.0. The minimum atomic E-state index is -4.00. The van der Waals surface area contributed by atoms with Crippen molar-refractivity contribution in [3.8, 4) is 11.1 Å². The Morgan fingerprint density at radius 2 is 1.40 bits per heavy atom. The number of fused-ring (bicyclic) bond motifs is 3. The fourth-order valence-corrected chi connectivity index (χ4v) is 5.08. The van der Waals surface area contributed by atoms with Crippen LogP contribution in [0.3, 0.4) is 0 Å². The first kappa shape index (κ1) is 16.1. The number of carbonyl (C=O) groups is 1. The molecule has 0 fully saturated rings. The summed E-state index contributed by atoms with van der Waals surface area (Å²) < 4.78 is 27.8. The van der Waals surface area contributed by atoms with Gasteiger partial charge in [0.15, 0.2) is 0 Å². The van der Waals surface area contributed by atoms with Crippen molar-refractivity contribution in [2.75, 3.05) is 4.31 Å². The van der Waals surface area contributed by atoms with Crippen molar-refractivity contribution in [1.82, 2.24) is 0 Å². The summed E-state index contributed by atoms with van der Waals surface area (Å²) in [7, 11) is -4.00. The van der Waals surface area contributed by atoms with Crippen LogP contribution in [0.25, 0.3) is 11.1 Å². The Morgan fingerprint density at radius 1 is 0.800 bits per heavy atom. The third-order valence-electron chi connectivity index (χ3n) is 4.11. The van der Waals surface area contributed by atoms with Crippen molar-refractivity contribution < 1.29 is 13.2 Å². The summed E-state index contributed by atoms with van der Waals surface area (Å²) in [5.41, 5.74) is 1.98. The van der Waals surface area contributed by atoms with Gasteiger partial charge in [-0.2, -0.15) is 4.31 Å². The minimum Gasteiger partial charge on any atom is -0.268 e. The van der Waals surface area contributed by atoms with Crippen LogP contribution in [0.15, 0.2) is 82.2 Å². The Bertz CT molecular complexity index is 1110. The van der Waals surface area contributed by atoms with E-state index in [4.69, 9.17) is 0 Å². The van der Waals surface area contributed by atoms with Crippen molar-refractivity contribution in [3.05, 3.63) is 82.8 Å². The van der Waals surface area contributed by atoms with Gasteiger partial charge in [0.05, 0.1) is 16.1 Å². The van der Waals surface area contributed by atoms with Gasteiger partial charge in [0.2, 0.25) is 0 Å². The maximum Gasteiger partial charge on any atom is 0.273 e. The molecule has 6 heteroatoms. The molecule has 4 nitrogen and oxygen atoms in total. The lowest BCUT2D eigenvalue weighted by molar-refractivity contribution is 0.100. The average Bonchev–Trinajstić information content (AvgIpc) is 2.62. The second-order valence-electron chi connectivity index (χ2n) is 5.57. The molecule has 1 heterocycles. The molecule has 0 saturated carbocycles. The van der Waals surface area contributed by atoms with Crippen molar-refractivity contribution >= 4 is 37.5 Å². The number of amides is 1. The maximum absolute atomic E-state index is 13.2. The second-order valence-corrected chi connectivity index (χ2v) is 8.18. The Kier molecular flexibility index (Phi) is 3.74. The molecule has 0 bridgehead atoms. The Labute approximate surface area is 153 Å². The number of benzene rings is 3. The van der Waals surface area contributed by atoms with Gasteiger partial charge in [0.25, 0.3) is 15.9 Å². The molecule has 0 aliphatic carbocycles. The summed E-state index contributed by atoms with van der Waals surface area (Å²) in [6.07, 6.45) is 0. The van der Waals surface area contributed by atoms with Crippen LogP contribution in [0.1, 0.15) is 10.4 Å². The molecule has 124 valence electrons. The molecule has 0 atom stereocenters. The van der Waals surface area contributed by atoms with E-state index in [-0.39, 0.29) is 4.90 Å². The van der Waals surface area contributed by atoms with E-state index in [2.05, 4.69) is 15.9 Å². The lowest BCUT2D eigenvalue weighted by Crippen LogP contribution is -2.39. The van der Waals surface area contributed by atoms with Gasteiger partial charge in [-0.15, -0.1) is 0 Å². The van der Waals surface area contributed by atoms with Gasteiger partial charge >= 0.3 is 0 Å². The molecule has 0 saturated heterocycles. The van der Waals surface area contributed by atoms with Gasteiger partial charge in [0, 0.05) is 15.6 Å². The Balaban J connectivity index is 2.01. The van der Waals surface area contributed by atoms with E-state index in [1.807, 2.05) is 12.1 Å². The topological polar surface area (TPSA) is 54.5 Å². The van der Waals surface area contributed by atoms with E-state index in [9.17, 15) is 13.2 Å². The molecule has 1 amide bonds. The van der Waals surface area contributed by atoms with Crippen LogP contribution >= 0.6 is 15.9 Å². The number of anilines is 1. The third kappa shape index (κ3) is 2.41. The van der Waals surface area contributed by atoms with E-state index in [0.717, 1.165) is 4.31 Å². The van der Waals surface area contributed by atoms with Crippen LogP contribution in [0.4, 0.5) is 5.69 Å². The summed E-state index contributed by atoms with van der Waals surface area (Å²) in [6, 6.07) is 20.5. The lowest BCUT2D eigenvalue weighted by atomic mass is 10.0. The highest BCUT2D eigenvalue weighted by Crippen LogP contribution is 2.43. The third-order valence-corrected chi connectivity index (χ3v) is 6.55. The Hall–Kier alpha value is -2.44. The molecule has 3 aromatic carbocycles. The molecule has 0 N–H and O–H groups in total. The molecule has 1 aliphatic rings. The van der Waals surface area contributed by atoms with Gasteiger partial charge in [-0.05, 0) is 40.2 Å². The number of nitrogens with zero attached hydrogens (tertiary/aromatic N) is 1. The zero-order chi connectivity index (χ0) is 17.6. The molecule has 1 aliphatic heterocycles. The maximum atomic E-state index is 13.2. The zero-order valence-electron chi connectivity index (χ0n) is 12.9. The van der Waals surface area contributed by atoms with Gasteiger partial charge in [-0.3, -0.25) is 4.79 Å². The van der Waals surface area contributed by atoms with Crippen molar-refractivity contribution in [2.24, 2.45) is 0 Å². The zero-order valence-corrected chi connectivity index (χ0v) is 15.3. The first-order valence-electron chi connectivity index (χ1n) is 7.54. The fourth-order valence-electron chi connectivity index (χ4n) is 2.98. The van der Waals surface area contributed by atoms with Crippen LogP contribution in [-0.2, 0) is 10.0 Å². The van der Waals surface area contributed by atoms with Crippen LogP contribution in [0.2, 0.25) is 0 Å². The number of hydrogen-bond donors (Lipinski definition) is 0. The highest BCUT2D eigenvalue weighted by molar-refractivity contribution is 9.10.